The van der Waals surface area contributed by atoms with Crippen LogP contribution in [0.5, 0.6) is 0 Å². The number of nitrogens with one attached hydrogen (secondary N) is 1. The molecule has 0 fully saturated rings. The summed E-state index contributed by atoms with van der Waals surface area (Å²) in [4.78, 5) is 24.8. The quantitative estimate of drug-likeness (QED) is 0.364. The molecule has 0 aliphatic carbocycles. The molecule has 30 heavy (non-hydrogen) atoms. The Morgan fingerprint density at radius 1 is 0.833 bits per heavy atom. The molecule has 1 amide bonds. The van der Waals surface area contributed by atoms with E-state index in [0.29, 0.717) is 24.3 Å². The van der Waals surface area contributed by atoms with E-state index < -0.39 is 0 Å². The van der Waals surface area contributed by atoms with Crippen LogP contribution in [0.1, 0.15) is 53.6 Å². The number of esters is 1. The van der Waals surface area contributed by atoms with E-state index in [4.69, 9.17) is 4.74 Å². The normalized spacial score (nSPS) is 10.6. The third-order valence-corrected chi connectivity index (χ3v) is 4.93. The molecule has 154 valence electrons. The highest BCUT2D eigenvalue weighted by Crippen LogP contribution is 2.28. The average molecular weight is 402 g/mol. The van der Waals surface area contributed by atoms with Crippen molar-refractivity contribution in [2.75, 3.05) is 11.9 Å². The maximum Gasteiger partial charge on any atom is 0.338 e. The maximum atomic E-state index is 12.8. The average Bonchev–Trinajstić information content (AvgIpc) is 2.79. The summed E-state index contributed by atoms with van der Waals surface area (Å²) in [6, 6.07) is 26.9. The summed E-state index contributed by atoms with van der Waals surface area (Å²) >= 11 is 0. The summed E-state index contributed by atoms with van der Waals surface area (Å²) in [6.07, 6.45) is 2.16. The van der Waals surface area contributed by atoms with Crippen LogP contribution in [0.2, 0.25) is 0 Å². The van der Waals surface area contributed by atoms with Gasteiger partial charge in [0.2, 0.25) is 5.91 Å². The van der Waals surface area contributed by atoms with Crippen molar-refractivity contribution in [3.05, 3.63) is 102 Å². The van der Waals surface area contributed by atoms with Gasteiger partial charge < -0.3 is 10.1 Å². The molecule has 0 saturated carbocycles. The molecule has 0 aromatic heterocycles. The minimum Gasteiger partial charge on any atom is -0.462 e. The van der Waals surface area contributed by atoms with Gasteiger partial charge in [-0.25, -0.2) is 4.79 Å². The fourth-order valence-electron chi connectivity index (χ4n) is 3.28. The second-order valence-electron chi connectivity index (χ2n) is 7.19. The van der Waals surface area contributed by atoms with E-state index in [9.17, 15) is 9.59 Å². The Kier molecular flexibility index (Phi) is 7.78. The van der Waals surface area contributed by atoms with Crippen molar-refractivity contribution in [2.45, 2.75) is 32.1 Å². The van der Waals surface area contributed by atoms with Gasteiger partial charge in [0.25, 0.3) is 0 Å². The summed E-state index contributed by atoms with van der Waals surface area (Å²) in [7, 11) is 0. The van der Waals surface area contributed by atoms with Crippen molar-refractivity contribution in [1.29, 1.82) is 0 Å². The molecule has 3 rings (SSSR count). The van der Waals surface area contributed by atoms with Gasteiger partial charge in [-0.15, -0.1) is 0 Å². The van der Waals surface area contributed by atoms with Gasteiger partial charge in [0, 0.05) is 18.0 Å². The molecule has 0 aliphatic rings. The monoisotopic (exact) mass is 401 g/mol. The number of ether oxygens (including phenoxy) is 1. The fraction of sp³-hybridized carbons (Fsp3) is 0.231. The predicted octanol–water partition coefficient (Wildman–Crippen LogP) is 5.80. The molecule has 0 bridgehead atoms. The van der Waals surface area contributed by atoms with Crippen LogP contribution in [0.25, 0.3) is 0 Å². The molecule has 0 unspecified atom stereocenters. The number of unbranched alkanes of at least 4 members (excludes halogenated alkanes) is 1. The second kappa shape index (κ2) is 11.0. The summed E-state index contributed by atoms with van der Waals surface area (Å²) in [5, 5.41) is 2.94. The second-order valence-corrected chi connectivity index (χ2v) is 7.19. The summed E-state index contributed by atoms with van der Waals surface area (Å²) in [6.45, 7) is 2.47. The first-order valence-electron chi connectivity index (χ1n) is 10.3. The smallest absolute Gasteiger partial charge is 0.338 e. The van der Waals surface area contributed by atoms with Gasteiger partial charge in [-0.2, -0.15) is 0 Å². The highest BCUT2D eigenvalue weighted by molar-refractivity contribution is 5.93. The third-order valence-electron chi connectivity index (χ3n) is 4.93. The van der Waals surface area contributed by atoms with Crippen molar-refractivity contribution in [3.8, 4) is 0 Å². The Hall–Kier alpha value is -3.40. The molecule has 3 aromatic rings. The lowest BCUT2D eigenvalue weighted by Gasteiger charge is -2.18. The van der Waals surface area contributed by atoms with E-state index in [2.05, 4.69) is 5.32 Å². The van der Waals surface area contributed by atoms with Crippen LogP contribution in [-0.2, 0) is 9.53 Å². The van der Waals surface area contributed by atoms with Crippen LogP contribution in [-0.4, -0.2) is 18.5 Å². The number of benzene rings is 3. The van der Waals surface area contributed by atoms with Crippen LogP contribution in [0.4, 0.5) is 5.69 Å². The van der Waals surface area contributed by atoms with Crippen LogP contribution in [0.15, 0.2) is 84.9 Å². The predicted molar refractivity (Wildman–Crippen MR) is 120 cm³/mol. The third kappa shape index (κ3) is 6.05. The molecular weight excluding hydrogens is 374 g/mol. The van der Waals surface area contributed by atoms with Gasteiger partial charge in [0.15, 0.2) is 0 Å². The molecule has 0 spiro atoms. The first-order chi connectivity index (χ1) is 14.7. The van der Waals surface area contributed by atoms with E-state index >= 15 is 0 Å². The number of rotatable bonds is 9. The number of hydrogen-bond donors (Lipinski definition) is 1. The van der Waals surface area contributed by atoms with E-state index in [0.717, 1.165) is 24.0 Å². The van der Waals surface area contributed by atoms with Crippen LogP contribution >= 0.6 is 0 Å². The number of anilines is 1. The zero-order valence-corrected chi connectivity index (χ0v) is 17.2. The Bertz CT molecular complexity index is 898. The number of carbonyl (C=O) groups excluding carboxylic acids is 2. The fourth-order valence-corrected chi connectivity index (χ4v) is 3.28. The van der Waals surface area contributed by atoms with Gasteiger partial charge >= 0.3 is 5.97 Å². The molecule has 0 aliphatic heterocycles. The molecule has 4 nitrogen and oxygen atoms in total. The molecule has 4 heteroatoms. The van der Waals surface area contributed by atoms with Crippen LogP contribution in [0.3, 0.4) is 0 Å². The number of hydrogen-bond acceptors (Lipinski definition) is 3. The maximum absolute atomic E-state index is 12.8. The Morgan fingerprint density at radius 2 is 1.40 bits per heavy atom. The van der Waals surface area contributed by atoms with Crippen molar-refractivity contribution in [1.82, 2.24) is 0 Å². The highest BCUT2D eigenvalue weighted by atomic mass is 16.5. The van der Waals surface area contributed by atoms with Gasteiger partial charge in [0.05, 0.1) is 12.2 Å². The zero-order valence-electron chi connectivity index (χ0n) is 17.2. The number of amides is 1. The van der Waals surface area contributed by atoms with Crippen LogP contribution in [0, 0.1) is 0 Å². The Labute approximate surface area is 177 Å². The van der Waals surface area contributed by atoms with Gasteiger partial charge in [-0.3, -0.25) is 4.79 Å². The molecule has 0 atom stereocenters. The molecule has 3 aromatic carbocycles. The molecular formula is C26H27NO3. The molecule has 0 heterocycles. The summed E-state index contributed by atoms with van der Waals surface area (Å²) in [5.74, 6) is -0.444. The van der Waals surface area contributed by atoms with E-state index in [1.54, 1.807) is 24.3 Å². The molecule has 0 saturated heterocycles. The first kappa shape index (κ1) is 21.3. The van der Waals surface area contributed by atoms with Gasteiger partial charge in [-0.1, -0.05) is 74.0 Å². The Morgan fingerprint density at radius 3 is 1.93 bits per heavy atom. The van der Waals surface area contributed by atoms with Crippen molar-refractivity contribution in [3.63, 3.8) is 0 Å². The zero-order chi connectivity index (χ0) is 21.2. The van der Waals surface area contributed by atoms with E-state index in [-0.39, 0.29) is 17.8 Å². The molecule has 1 N–H and O–H groups in total. The summed E-state index contributed by atoms with van der Waals surface area (Å²) in [5.41, 5.74) is 3.34. The van der Waals surface area contributed by atoms with Gasteiger partial charge in [0.1, 0.15) is 0 Å². The van der Waals surface area contributed by atoms with Crippen LogP contribution < -0.4 is 5.32 Å². The first-order valence-corrected chi connectivity index (χ1v) is 10.3. The molecule has 0 radical (unpaired) electrons. The van der Waals surface area contributed by atoms with E-state index in [1.165, 1.54) is 0 Å². The van der Waals surface area contributed by atoms with Gasteiger partial charge in [-0.05, 0) is 41.8 Å². The Balaban J connectivity index is 1.65. The largest absolute Gasteiger partial charge is 0.462 e. The lowest BCUT2D eigenvalue weighted by Crippen LogP contribution is -2.16. The lowest BCUT2D eigenvalue weighted by atomic mass is 9.88. The standard InChI is InChI=1S/C26H27NO3/c1-2-3-18-30-26(29)22-14-16-23(17-15-22)27-25(28)19-24(20-10-6-4-7-11-20)21-12-8-5-9-13-21/h4-17,24H,2-3,18-19H2,1H3,(H,27,28). The minimum absolute atomic E-state index is 0.0276. The van der Waals surface area contributed by atoms with Crippen molar-refractivity contribution < 1.29 is 14.3 Å². The highest BCUT2D eigenvalue weighted by Gasteiger charge is 2.18. The van der Waals surface area contributed by atoms with E-state index in [1.807, 2.05) is 67.6 Å². The summed E-state index contributed by atoms with van der Waals surface area (Å²) < 4.78 is 5.21. The van der Waals surface area contributed by atoms with Crippen molar-refractivity contribution in [2.24, 2.45) is 0 Å². The SMILES string of the molecule is CCCCOC(=O)c1ccc(NC(=O)CC(c2ccccc2)c2ccccc2)cc1. The topological polar surface area (TPSA) is 55.4 Å². The van der Waals surface area contributed by atoms with Crippen molar-refractivity contribution >= 4 is 17.6 Å². The lowest BCUT2D eigenvalue weighted by molar-refractivity contribution is -0.116. The minimum atomic E-state index is -0.338. The number of carbonyl (C=O) groups is 2.